The first-order chi connectivity index (χ1) is 10.0. The average Bonchev–Trinajstić information content (AvgIpc) is 2.47. The van der Waals surface area contributed by atoms with Gasteiger partial charge in [0.1, 0.15) is 0 Å². The van der Waals surface area contributed by atoms with Gasteiger partial charge in [0.2, 0.25) is 0 Å². The highest BCUT2D eigenvalue weighted by atomic mass is 35.5. The van der Waals surface area contributed by atoms with E-state index in [9.17, 15) is 0 Å². The Balaban J connectivity index is 2.31. The molecule has 0 radical (unpaired) electrons. The number of benzene rings is 2. The van der Waals surface area contributed by atoms with E-state index in [4.69, 9.17) is 11.6 Å². The minimum atomic E-state index is 0.310. The lowest BCUT2D eigenvalue weighted by atomic mass is 10.1. The number of rotatable bonds is 5. The molecule has 2 nitrogen and oxygen atoms in total. The van der Waals surface area contributed by atoms with Crippen LogP contribution in [-0.4, -0.2) is 13.6 Å². The van der Waals surface area contributed by atoms with Crippen molar-refractivity contribution in [2.75, 3.05) is 18.5 Å². The standard InChI is InChI=1S/C18H23ClN2/c1-5-20-14(3)15-10-11-18(16(19)12-15)21(4)17-9-7-6-8-13(17)2/h6-12,14,20H,5H2,1-4H3. The summed E-state index contributed by atoms with van der Waals surface area (Å²) in [6.07, 6.45) is 0. The Morgan fingerprint density at radius 2 is 1.86 bits per heavy atom. The van der Waals surface area contributed by atoms with Crippen LogP contribution < -0.4 is 10.2 Å². The fourth-order valence-corrected chi connectivity index (χ4v) is 2.87. The van der Waals surface area contributed by atoms with Crippen molar-refractivity contribution in [1.29, 1.82) is 0 Å². The Labute approximate surface area is 132 Å². The summed E-state index contributed by atoms with van der Waals surface area (Å²) in [5.41, 5.74) is 4.65. The van der Waals surface area contributed by atoms with Gasteiger partial charge >= 0.3 is 0 Å². The second kappa shape index (κ2) is 6.97. The smallest absolute Gasteiger partial charge is 0.0646 e. The minimum absolute atomic E-state index is 0.310. The molecule has 2 rings (SSSR count). The van der Waals surface area contributed by atoms with Crippen molar-refractivity contribution < 1.29 is 0 Å². The highest BCUT2D eigenvalue weighted by Crippen LogP contribution is 2.33. The third-order valence-electron chi connectivity index (χ3n) is 3.82. The quantitative estimate of drug-likeness (QED) is 0.828. The topological polar surface area (TPSA) is 15.3 Å². The van der Waals surface area contributed by atoms with Crippen LogP contribution in [0.25, 0.3) is 0 Å². The Hall–Kier alpha value is -1.51. The van der Waals surface area contributed by atoms with E-state index >= 15 is 0 Å². The number of nitrogens with zero attached hydrogens (tertiary/aromatic N) is 1. The molecule has 0 amide bonds. The molecule has 1 atom stereocenters. The molecule has 0 spiro atoms. The second-order valence-corrected chi connectivity index (χ2v) is 5.74. The maximum absolute atomic E-state index is 6.50. The third-order valence-corrected chi connectivity index (χ3v) is 4.12. The van der Waals surface area contributed by atoms with E-state index in [0.717, 1.165) is 17.3 Å². The first-order valence-corrected chi connectivity index (χ1v) is 7.74. The lowest BCUT2D eigenvalue weighted by Crippen LogP contribution is -2.18. The van der Waals surface area contributed by atoms with Crippen LogP contribution in [0.2, 0.25) is 5.02 Å². The summed E-state index contributed by atoms with van der Waals surface area (Å²) in [4.78, 5) is 2.14. The molecule has 2 aromatic carbocycles. The van der Waals surface area contributed by atoms with Gasteiger partial charge in [-0.3, -0.25) is 0 Å². The normalized spacial score (nSPS) is 12.2. The molecule has 1 N–H and O–H groups in total. The first kappa shape index (κ1) is 15.9. The van der Waals surface area contributed by atoms with E-state index in [1.54, 1.807) is 0 Å². The Morgan fingerprint density at radius 1 is 1.14 bits per heavy atom. The van der Waals surface area contributed by atoms with E-state index in [1.807, 2.05) is 6.07 Å². The summed E-state index contributed by atoms with van der Waals surface area (Å²) in [6, 6.07) is 14.9. The molecule has 0 aliphatic rings. The molecule has 2 aromatic rings. The second-order valence-electron chi connectivity index (χ2n) is 5.34. The molecule has 112 valence electrons. The molecular formula is C18H23ClN2. The number of anilines is 2. The van der Waals surface area contributed by atoms with Crippen LogP contribution in [0.5, 0.6) is 0 Å². The summed E-state index contributed by atoms with van der Waals surface area (Å²) in [5.74, 6) is 0. The van der Waals surface area contributed by atoms with Crippen molar-refractivity contribution in [2.45, 2.75) is 26.8 Å². The molecule has 0 saturated carbocycles. The molecular weight excluding hydrogens is 280 g/mol. The Kier molecular flexibility index (Phi) is 5.27. The van der Waals surface area contributed by atoms with Gasteiger partial charge in [0, 0.05) is 18.8 Å². The van der Waals surface area contributed by atoms with Gasteiger partial charge in [0.15, 0.2) is 0 Å². The van der Waals surface area contributed by atoms with E-state index in [0.29, 0.717) is 6.04 Å². The van der Waals surface area contributed by atoms with Gasteiger partial charge in [-0.05, 0) is 49.7 Å². The zero-order valence-electron chi connectivity index (χ0n) is 13.2. The molecule has 0 heterocycles. The van der Waals surface area contributed by atoms with Gasteiger partial charge in [-0.15, -0.1) is 0 Å². The van der Waals surface area contributed by atoms with Crippen LogP contribution in [0.4, 0.5) is 11.4 Å². The van der Waals surface area contributed by atoms with Crippen molar-refractivity contribution >= 4 is 23.0 Å². The van der Waals surface area contributed by atoms with Crippen molar-refractivity contribution in [2.24, 2.45) is 0 Å². The highest BCUT2D eigenvalue weighted by molar-refractivity contribution is 6.33. The predicted molar refractivity (Wildman–Crippen MR) is 92.8 cm³/mol. The summed E-state index contributed by atoms with van der Waals surface area (Å²) >= 11 is 6.50. The number of para-hydroxylation sites is 1. The van der Waals surface area contributed by atoms with Crippen LogP contribution in [0.3, 0.4) is 0 Å². The summed E-state index contributed by atoms with van der Waals surface area (Å²) < 4.78 is 0. The van der Waals surface area contributed by atoms with Gasteiger partial charge < -0.3 is 10.2 Å². The first-order valence-electron chi connectivity index (χ1n) is 7.36. The zero-order chi connectivity index (χ0) is 15.4. The largest absolute Gasteiger partial charge is 0.343 e. The van der Waals surface area contributed by atoms with E-state index in [1.165, 1.54) is 16.8 Å². The number of nitrogens with one attached hydrogen (secondary N) is 1. The van der Waals surface area contributed by atoms with Crippen LogP contribution >= 0.6 is 11.6 Å². The minimum Gasteiger partial charge on any atom is -0.343 e. The maximum atomic E-state index is 6.50. The van der Waals surface area contributed by atoms with Crippen molar-refractivity contribution in [1.82, 2.24) is 5.32 Å². The Bertz CT molecular complexity index is 610. The summed E-state index contributed by atoms with van der Waals surface area (Å²) in [7, 11) is 2.05. The molecule has 0 saturated heterocycles. The number of aryl methyl sites for hydroxylation is 1. The van der Waals surface area contributed by atoms with E-state index in [2.05, 4.69) is 74.4 Å². The molecule has 3 heteroatoms. The molecule has 0 fully saturated rings. The van der Waals surface area contributed by atoms with Crippen LogP contribution in [0, 0.1) is 6.92 Å². The van der Waals surface area contributed by atoms with Crippen LogP contribution in [0.15, 0.2) is 42.5 Å². The monoisotopic (exact) mass is 302 g/mol. The number of hydrogen-bond donors (Lipinski definition) is 1. The van der Waals surface area contributed by atoms with Gasteiger partial charge in [0.25, 0.3) is 0 Å². The highest BCUT2D eigenvalue weighted by Gasteiger charge is 2.12. The lowest BCUT2D eigenvalue weighted by Gasteiger charge is -2.24. The van der Waals surface area contributed by atoms with Gasteiger partial charge in [-0.25, -0.2) is 0 Å². The van der Waals surface area contributed by atoms with Gasteiger partial charge in [-0.1, -0.05) is 42.8 Å². The molecule has 1 unspecified atom stereocenters. The van der Waals surface area contributed by atoms with Gasteiger partial charge in [-0.2, -0.15) is 0 Å². The summed E-state index contributed by atoms with van der Waals surface area (Å²) in [6.45, 7) is 7.32. The maximum Gasteiger partial charge on any atom is 0.0646 e. The van der Waals surface area contributed by atoms with Crippen LogP contribution in [-0.2, 0) is 0 Å². The predicted octanol–water partition coefficient (Wildman–Crippen LogP) is 5.09. The van der Waals surface area contributed by atoms with Crippen molar-refractivity contribution in [3.63, 3.8) is 0 Å². The van der Waals surface area contributed by atoms with E-state index < -0.39 is 0 Å². The third kappa shape index (κ3) is 3.58. The SMILES string of the molecule is CCNC(C)c1ccc(N(C)c2ccccc2C)c(Cl)c1. The van der Waals surface area contributed by atoms with Crippen LogP contribution in [0.1, 0.15) is 31.0 Å². The molecule has 0 bridgehead atoms. The Morgan fingerprint density at radius 3 is 2.48 bits per heavy atom. The van der Waals surface area contributed by atoms with Crippen molar-refractivity contribution in [3.8, 4) is 0 Å². The molecule has 0 aliphatic heterocycles. The zero-order valence-corrected chi connectivity index (χ0v) is 13.9. The number of halogens is 1. The molecule has 21 heavy (non-hydrogen) atoms. The average molecular weight is 303 g/mol. The number of hydrogen-bond acceptors (Lipinski definition) is 2. The van der Waals surface area contributed by atoms with E-state index in [-0.39, 0.29) is 0 Å². The molecule has 0 aliphatic carbocycles. The fraction of sp³-hybridized carbons (Fsp3) is 0.333. The molecule has 0 aromatic heterocycles. The van der Waals surface area contributed by atoms with Gasteiger partial charge in [0.05, 0.1) is 10.7 Å². The van der Waals surface area contributed by atoms with Crippen molar-refractivity contribution in [3.05, 3.63) is 58.6 Å². The summed E-state index contributed by atoms with van der Waals surface area (Å²) in [5, 5.41) is 4.19. The lowest BCUT2D eigenvalue weighted by molar-refractivity contribution is 0.598. The fourth-order valence-electron chi connectivity index (χ4n) is 2.56.